The van der Waals surface area contributed by atoms with Gasteiger partial charge in [-0.15, -0.1) is 37.9 Å². The number of aromatic nitrogens is 4. The number of rotatable bonds is 8. The SMILES string of the molecule is C=C1S[C@H]2C(C(=O)[C@H]2NC(=O)/C(=N\OC)c2csc(N)n2)[N+](C(=O)O)=C1CSc1nnc(C(=O)OC)n1C. The fraction of sp³-hybridized carbons (Fsp3) is 0.350. The van der Waals surface area contributed by atoms with Crippen molar-refractivity contribution in [1.82, 2.24) is 25.1 Å². The van der Waals surface area contributed by atoms with Crippen molar-refractivity contribution in [1.29, 1.82) is 0 Å². The summed E-state index contributed by atoms with van der Waals surface area (Å²) in [5, 5.41) is 25.4. The Morgan fingerprint density at radius 1 is 1.37 bits per heavy atom. The monoisotopic (exact) mass is 581 g/mol. The van der Waals surface area contributed by atoms with Crippen LogP contribution in [-0.2, 0) is 26.2 Å². The maximum atomic E-state index is 13.1. The van der Waals surface area contributed by atoms with Crippen LogP contribution in [0.4, 0.5) is 9.93 Å². The fourth-order valence-electron chi connectivity index (χ4n) is 3.79. The first-order chi connectivity index (χ1) is 18.1. The predicted molar refractivity (Wildman–Crippen MR) is 138 cm³/mol. The van der Waals surface area contributed by atoms with Gasteiger partial charge in [-0.2, -0.15) is 4.79 Å². The molecule has 18 heteroatoms. The Bertz CT molecular complexity index is 1410. The third-order valence-electron chi connectivity index (χ3n) is 5.60. The number of carbonyl (C=O) groups is 4. The molecule has 2 aliphatic rings. The smallest absolute Gasteiger partial charge is 0.463 e. The molecule has 1 aliphatic carbocycles. The summed E-state index contributed by atoms with van der Waals surface area (Å²) in [6.45, 7) is 3.98. The van der Waals surface area contributed by atoms with E-state index in [9.17, 15) is 24.3 Å². The lowest BCUT2D eigenvalue weighted by Crippen LogP contribution is -2.72. The Morgan fingerprint density at radius 2 is 2.11 bits per heavy atom. The first-order valence-corrected chi connectivity index (χ1v) is 13.3. The van der Waals surface area contributed by atoms with Gasteiger partial charge in [0.25, 0.3) is 5.91 Å². The molecule has 3 heterocycles. The van der Waals surface area contributed by atoms with Gasteiger partial charge in [0.05, 0.1) is 17.8 Å². The van der Waals surface area contributed by atoms with Crippen LogP contribution in [0.15, 0.2) is 27.2 Å². The molecule has 1 fully saturated rings. The van der Waals surface area contributed by atoms with Gasteiger partial charge < -0.3 is 25.7 Å². The molecule has 1 aliphatic heterocycles. The number of hydrogen-bond acceptors (Lipinski definition) is 14. The third-order valence-corrected chi connectivity index (χ3v) is 8.63. The van der Waals surface area contributed by atoms with E-state index in [1.54, 1.807) is 7.05 Å². The van der Waals surface area contributed by atoms with E-state index in [0.29, 0.717) is 10.1 Å². The minimum absolute atomic E-state index is 0.0172. The summed E-state index contributed by atoms with van der Waals surface area (Å²) >= 11 is 3.41. The van der Waals surface area contributed by atoms with Crippen molar-refractivity contribution >= 4 is 75.2 Å². The maximum Gasteiger partial charge on any atom is 0.594 e. The lowest BCUT2D eigenvalue weighted by Gasteiger charge is -2.41. The third kappa shape index (κ3) is 4.88. The standard InChI is InChI=1S/C20H20N8O7S3/c1-7-9(6-37-19-25-24-15(27(19)2)17(31)34-3)28(20(32)33)12-13(29)11(14(12)38-7)23-16(30)10(26-35-4)8-5-36-18(21)22-8/h5,11-12,14H,1,6H2,2-4H3,(H3-,21,22,23,30,32,33)/p+1/b26-10-/t11-,12?,14-/m1/s1. The van der Waals surface area contributed by atoms with Crippen molar-refractivity contribution in [3.05, 3.63) is 28.4 Å². The number of thiazole rings is 1. The lowest BCUT2D eigenvalue weighted by atomic mass is 9.83. The topological polar surface area (TPSA) is 204 Å². The highest BCUT2D eigenvalue weighted by atomic mass is 32.2. The molecule has 1 unspecified atom stereocenters. The number of oxime groups is 1. The second-order valence-corrected chi connectivity index (χ2v) is 10.8. The number of ketones is 1. The summed E-state index contributed by atoms with van der Waals surface area (Å²) in [6, 6.07) is -2.03. The van der Waals surface area contributed by atoms with E-state index >= 15 is 0 Å². The van der Waals surface area contributed by atoms with Crippen LogP contribution in [0.1, 0.15) is 16.3 Å². The van der Waals surface area contributed by atoms with Gasteiger partial charge in [-0.05, 0) is 0 Å². The van der Waals surface area contributed by atoms with Gasteiger partial charge in [0.1, 0.15) is 24.1 Å². The van der Waals surface area contributed by atoms with Crippen molar-refractivity contribution in [3.8, 4) is 0 Å². The Labute approximate surface area is 227 Å². The van der Waals surface area contributed by atoms with Crippen molar-refractivity contribution in [3.63, 3.8) is 0 Å². The summed E-state index contributed by atoms with van der Waals surface area (Å²) in [5.41, 5.74) is 5.93. The molecule has 2 aromatic rings. The van der Waals surface area contributed by atoms with Gasteiger partial charge in [-0.3, -0.25) is 14.2 Å². The van der Waals surface area contributed by atoms with Crippen LogP contribution in [-0.4, -0.2) is 102 Å². The highest BCUT2D eigenvalue weighted by Gasteiger charge is 2.63. The van der Waals surface area contributed by atoms with Gasteiger partial charge in [0.15, 0.2) is 16.0 Å². The van der Waals surface area contributed by atoms with E-state index in [1.807, 2.05) is 0 Å². The highest BCUT2D eigenvalue weighted by molar-refractivity contribution is 8.05. The molecule has 200 valence electrons. The summed E-state index contributed by atoms with van der Waals surface area (Å²) in [5.74, 6) is -1.83. The van der Waals surface area contributed by atoms with Crippen LogP contribution < -0.4 is 11.1 Å². The first kappa shape index (κ1) is 27.3. The number of anilines is 1. The Balaban J connectivity index is 1.53. The van der Waals surface area contributed by atoms with E-state index < -0.39 is 41.1 Å². The van der Waals surface area contributed by atoms with E-state index in [4.69, 9.17) is 10.6 Å². The van der Waals surface area contributed by atoms with E-state index in [-0.39, 0.29) is 33.8 Å². The molecular weight excluding hydrogens is 560 g/mol. The molecule has 15 nitrogen and oxygen atoms in total. The maximum absolute atomic E-state index is 13.1. The van der Waals surface area contributed by atoms with E-state index in [0.717, 1.165) is 27.7 Å². The van der Waals surface area contributed by atoms with Crippen molar-refractivity contribution in [2.24, 2.45) is 12.2 Å². The minimum atomic E-state index is -1.34. The van der Waals surface area contributed by atoms with E-state index in [1.165, 1.54) is 35.9 Å². The number of ether oxygens (including phenoxy) is 1. The zero-order chi connectivity index (χ0) is 27.7. The molecule has 0 saturated heterocycles. The van der Waals surface area contributed by atoms with E-state index in [2.05, 4.69) is 37.0 Å². The molecule has 0 radical (unpaired) electrons. The number of nitrogens with two attached hydrogens (primary N) is 1. The van der Waals surface area contributed by atoms with Crippen molar-refractivity contribution in [2.75, 3.05) is 25.7 Å². The lowest BCUT2D eigenvalue weighted by molar-refractivity contribution is -0.479. The number of nitrogen functional groups attached to an aromatic ring is 1. The second kappa shape index (κ2) is 10.9. The molecule has 38 heavy (non-hydrogen) atoms. The number of thioether (sulfide) groups is 2. The number of methoxy groups -OCH3 is 1. The molecule has 1 saturated carbocycles. The summed E-state index contributed by atoms with van der Waals surface area (Å²) < 4.78 is 7.04. The fourth-order valence-corrected chi connectivity index (χ4v) is 6.75. The van der Waals surface area contributed by atoms with Crippen LogP contribution in [0.5, 0.6) is 0 Å². The van der Waals surface area contributed by atoms with Gasteiger partial charge >= 0.3 is 12.1 Å². The molecule has 0 spiro atoms. The summed E-state index contributed by atoms with van der Waals surface area (Å²) in [7, 11) is 4.04. The number of fused-ring (bicyclic) bond motifs is 1. The van der Waals surface area contributed by atoms with Gasteiger partial charge in [-0.1, -0.05) is 23.5 Å². The molecule has 2 amide bonds. The summed E-state index contributed by atoms with van der Waals surface area (Å²) in [6.07, 6.45) is -1.34. The van der Waals surface area contributed by atoms with Crippen LogP contribution in [0.3, 0.4) is 0 Å². The Morgan fingerprint density at radius 3 is 2.71 bits per heavy atom. The predicted octanol–water partition coefficient (Wildman–Crippen LogP) is -0.0201. The number of Topliss-reactive ketones (excluding diaryl/α,β-unsaturated/α-hetero) is 1. The number of nitrogens with zero attached hydrogens (tertiary/aromatic N) is 6. The summed E-state index contributed by atoms with van der Waals surface area (Å²) in [4.78, 5) is 59.2. The molecular formula is C20H21N8O7S3+. The Hall–Kier alpha value is -3.77. The molecule has 4 N–H and O–H groups in total. The average molecular weight is 582 g/mol. The number of hydrogen-bond donors (Lipinski definition) is 3. The molecule has 3 atom stereocenters. The van der Waals surface area contributed by atoms with Gasteiger partial charge in [0, 0.05) is 12.4 Å². The molecule has 0 aromatic carbocycles. The number of carboxylic acid groups (broad SMARTS) is 1. The van der Waals surface area contributed by atoms with Crippen molar-refractivity contribution < 1.29 is 38.4 Å². The van der Waals surface area contributed by atoms with Crippen LogP contribution >= 0.6 is 34.9 Å². The zero-order valence-electron chi connectivity index (χ0n) is 20.1. The number of allylic oxidation sites excluding steroid dienone is 1. The minimum Gasteiger partial charge on any atom is -0.463 e. The average Bonchev–Trinajstić information content (AvgIpc) is 3.48. The first-order valence-electron chi connectivity index (χ1n) is 10.6. The number of carbonyl (C=O) groups excluding carboxylic acids is 3. The molecule has 2 aromatic heterocycles. The van der Waals surface area contributed by atoms with Crippen molar-refractivity contribution in [2.45, 2.75) is 22.5 Å². The van der Waals surface area contributed by atoms with Crippen LogP contribution in [0.2, 0.25) is 0 Å². The zero-order valence-corrected chi connectivity index (χ0v) is 22.6. The highest BCUT2D eigenvalue weighted by Crippen LogP contribution is 2.41. The second-order valence-electron chi connectivity index (χ2n) is 7.74. The molecule has 4 rings (SSSR count). The molecule has 0 bridgehead atoms. The normalized spacial score (nSPS) is 21.0. The van der Waals surface area contributed by atoms with Crippen LogP contribution in [0.25, 0.3) is 0 Å². The largest absolute Gasteiger partial charge is 0.594 e. The number of amides is 2. The van der Waals surface area contributed by atoms with Crippen LogP contribution in [0, 0.1) is 0 Å². The number of esters is 1. The Kier molecular flexibility index (Phi) is 7.83. The quantitative estimate of drug-likeness (QED) is 0.123. The van der Waals surface area contributed by atoms with Gasteiger partial charge in [0.2, 0.25) is 23.4 Å². The van der Waals surface area contributed by atoms with Gasteiger partial charge in [-0.25, -0.2) is 9.78 Å². The number of nitrogens with one attached hydrogen (secondary N) is 1.